The van der Waals surface area contributed by atoms with Gasteiger partial charge in [-0.25, -0.2) is 4.98 Å². The molecule has 1 aromatic heterocycles. The van der Waals surface area contributed by atoms with Crippen molar-refractivity contribution in [2.45, 2.75) is 12.6 Å². The van der Waals surface area contributed by atoms with Gasteiger partial charge in [0.05, 0.1) is 12.7 Å². The fourth-order valence-electron chi connectivity index (χ4n) is 4.10. The van der Waals surface area contributed by atoms with Gasteiger partial charge in [0.25, 0.3) is 5.91 Å². The minimum atomic E-state index is -0.594. The zero-order valence-electron chi connectivity index (χ0n) is 19.4. The fraction of sp³-hybridized carbons (Fsp3) is 0.269. The maximum atomic E-state index is 13.6. The summed E-state index contributed by atoms with van der Waals surface area (Å²) < 4.78 is 5.21. The van der Waals surface area contributed by atoms with Crippen LogP contribution in [0.15, 0.2) is 72.9 Å². The first-order valence-electron chi connectivity index (χ1n) is 11.2. The molecule has 2 amide bonds. The van der Waals surface area contributed by atoms with Crippen LogP contribution in [0.1, 0.15) is 15.9 Å². The van der Waals surface area contributed by atoms with Gasteiger partial charge in [-0.1, -0.05) is 30.3 Å². The number of benzene rings is 2. The van der Waals surface area contributed by atoms with Crippen molar-refractivity contribution in [3.63, 3.8) is 0 Å². The predicted molar refractivity (Wildman–Crippen MR) is 131 cm³/mol. The number of anilines is 2. The first-order chi connectivity index (χ1) is 16.6. The molecule has 2 N–H and O–H groups in total. The Kier molecular flexibility index (Phi) is 7.39. The number of aromatic nitrogens is 1. The fourth-order valence-corrected chi connectivity index (χ4v) is 4.10. The molecule has 0 aliphatic carbocycles. The number of ether oxygens (including phenoxy) is 1. The highest BCUT2D eigenvalue weighted by Gasteiger charge is 2.36. The molecule has 1 saturated heterocycles. The smallest absolute Gasteiger partial charge is 0.258 e. The van der Waals surface area contributed by atoms with E-state index < -0.39 is 6.04 Å². The number of hydrogen-bond donors (Lipinski definition) is 2. The van der Waals surface area contributed by atoms with Crippen molar-refractivity contribution in [3.8, 4) is 5.75 Å². The lowest BCUT2D eigenvalue weighted by Crippen LogP contribution is -2.60. The molecular weight excluding hydrogens is 430 g/mol. The van der Waals surface area contributed by atoms with Crippen molar-refractivity contribution in [1.82, 2.24) is 20.1 Å². The van der Waals surface area contributed by atoms with Gasteiger partial charge < -0.3 is 20.3 Å². The molecule has 2 heterocycles. The van der Waals surface area contributed by atoms with Gasteiger partial charge in [-0.3, -0.25) is 14.5 Å². The van der Waals surface area contributed by atoms with E-state index in [0.29, 0.717) is 31.0 Å². The number of carbonyl (C=O) groups excluding carboxylic acids is 2. The van der Waals surface area contributed by atoms with Crippen LogP contribution in [0.25, 0.3) is 0 Å². The number of pyridine rings is 1. The summed E-state index contributed by atoms with van der Waals surface area (Å²) >= 11 is 0. The molecule has 2 aromatic carbocycles. The van der Waals surface area contributed by atoms with Gasteiger partial charge in [-0.2, -0.15) is 0 Å². The van der Waals surface area contributed by atoms with Crippen molar-refractivity contribution in [1.29, 1.82) is 0 Å². The lowest BCUT2D eigenvalue weighted by molar-refractivity contribution is -0.127. The Morgan fingerprint density at radius 2 is 1.79 bits per heavy atom. The molecule has 176 valence electrons. The third-order valence-electron chi connectivity index (χ3n) is 5.91. The first kappa shape index (κ1) is 23.3. The number of amides is 2. The van der Waals surface area contributed by atoms with E-state index >= 15 is 0 Å². The quantitative estimate of drug-likeness (QED) is 0.565. The Labute approximate surface area is 199 Å². The number of nitrogens with zero attached hydrogens (tertiary/aromatic N) is 3. The number of piperazine rings is 1. The first-order valence-corrected chi connectivity index (χ1v) is 11.2. The van der Waals surface area contributed by atoms with E-state index in [2.05, 4.69) is 32.7 Å². The van der Waals surface area contributed by atoms with Gasteiger partial charge in [0.2, 0.25) is 5.91 Å². The number of methoxy groups -OCH3 is 1. The summed E-state index contributed by atoms with van der Waals surface area (Å²) in [6.07, 6.45) is 1.64. The zero-order valence-corrected chi connectivity index (χ0v) is 19.4. The Balaban J connectivity index is 1.53. The molecule has 1 atom stereocenters. The molecule has 1 aliphatic rings. The van der Waals surface area contributed by atoms with E-state index in [9.17, 15) is 9.59 Å². The van der Waals surface area contributed by atoms with Crippen LogP contribution in [0.2, 0.25) is 0 Å². The highest BCUT2D eigenvalue weighted by atomic mass is 16.5. The van der Waals surface area contributed by atoms with Crippen LogP contribution in [0, 0.1) is 0 Å². The topological polar surface area (TPSA) is 86.8 Å². The van der Waals surface area contributed by atoms with Crippen molar-refractivity contribution < 1.29 is 14.3 Å². The SMILES string of the molecule is CNC(=O)[C@@H]1CN(Cc2ccccc2)CCN1C(=O)c1cccnc1Nc1ccc(OC)cc1. The van der Waals surface area contributed by atoms with E-state index in [0.717, 1.165) is 18.0 Å². The number of hydrogen-bond acceptors (Lipinski definition) is 6. The molecule has 4 rings (SSSR count). The Bertz CT molecular complexity index is 1120. The Morgan fingerprint density at radius 3 is 2.50 bits per heavy atom. The van der Waals surface area contributed by atoms with Crippen LogP contribution < -0.4 is 15.4 Å². The van der Waals surface area contributed by atoms with E-state index in [1.54, 1.807) is 37.4 Å². The predicted octanol–water partition coefficient (Wildman–Crippen LogP) is 2.91. The van der Waals surface area contributed by atoms with Crippen LogP contribution in [0.5, 0.6) is 5.75 Å². The lowest BCUT2D eigenvalue weighted by Gasteiger charge is -2.40. The van der Waals surface area contributed by atoms with Gasteiger partial charge in [0.15, 0.2) is 0 Å². The number of nitrogens with one attached hydrogen (secondary N) is 2. The highest BCUT2D eigenvalue weighted by molar-refractivity contribution is 6.01. The van der Waals surface area contributed by atoms with E-state index in [1.165, 1.54) is 5.56 Å². The molecule has 0 bridgehead atoms. The molecule has 1 aliphatic heterocycles. The largest absolute Gasteiger partial charge is 0.497 e. The standard InChI is InChI=1S/C26H29N5O3/c1-27-25(32)23-18-30(17-19-7-4-3-5-8-19)15-16-31(23)26(33)22-9-6-14-28-24(22)29-20-10-12-21(34-2)13-11-20/h3-14,23H,15-18H2,1-2H3,(H,27,32)(H,28,29)/t23-/m0/s1. The van der Waals surface area contributed by atoms with E-state index in [-0.39, 0.29) is 11.8 Å². The van der Waals surface area contributed by atoms with Crippen LogP contribution in [0.4, 0.5) is 11.5 Å². The van der Waals surface area contributed by atoms with Crippen molar-refractivity contribution in [2.75, 3.05) is 39.1 Å². The Morgan fingerprint density at radius 1 is 1.03 bits per heavy atom. The van der Waals surface area contributed by atoms with Crippen LogP contribution in [-0.2, 0) is 11.3 Å². The zero-order chi connectivity index (χ0) is 23.9. The molecule has 1 fully saturated rings. The molecule has 0 radical (unpaired) electrons. The summed E-state index contributed by atoms with van der Waals surface area (Å²) in [7, 11) is 3.21. The molecule has 0 unspecified atom stereocenters. The molecule has 0 saturated carbocycles. The molecule has 34 heavy (non-hydrogen) atoms. The molecular formula is C26H29N5O3. The normalized spacial score (nSPS) is 16.1. The maximum absolute atomic E-state index is 13.6. The average Bonchev–Trinajstić information content (AvgIpc) is 2.89. The van der Waals surface area contributed by atoms with Crippen LogP contribution in [0.3, 0.4) is 0 Å². The second kappa shape index (κ2) is 10.8. The third kappa shape index (κ3) is 5.35. The van der Waals surface area contributed by atoms with Gasteiger partial charge >= 0.3 is 0 Å². The van der Waals surface area contributed by atoms with Crippen molar-refractivity contribution >= 4 is 23.3 Å². The molecule has 8 nitrogen and oxygen atoms in total. The van der Waals surface area contributed by atoms with Gasteiger partial charge in [-0.15, -0.1) is 0 Å². The minimum Gasteiger partial charge on any atom is -0.497 e. The van der Waals surface area contributed by atoms with Gasteiger partial charge in [0, 0.05) is 45.1 Å². The van der Waals surface area contributed by atoms with E-state index in [4.69, 9.17) is 4.74 Å². The van der Waals surface area contributed by atoms with E-state index in [1.807, 2.05) is 42.5 Å². The average molecular weight is 460 g/mol. The second-order valence-corrected chi connectivity index (χ2v) is 8.10. The molecule has 3 aromatic rings. The summed E-state index contributed by atoms with van der Waals surface area (Å²) in [6.45, 7) is 2.31. The second-order valence-electron chi connectivity index (χ2n) is 8.10. The third-order valence-corrected chi connectivity index (χ3v) is 5.91. The van der Waals surface area contributed by atoms with Crippen molar-refractivity contribution in [2.24, 2.45) is 0 Å². The number of rotatable bonds is 7. The maximum Gasteiger partial charge on any atom is 0.258 e. The Hall–Kier alpha value is -3.91. The lowest BCUT2D eigenvalue weighted by atomic mass is 10.1. The highest BCUT2D eigenvalue weighted by Crippen LogP contribution is 2.24. The van der Waals surface area contributed by atoms with Crippen molar-refractivity contribution in [3.05, 3.63) is 84.1 Å². The summed E-state index contributed by atoms with van der Waals surface area (Å²) in [5.41, 5.74) is 2.38. The summed E-state index contributed by atoms with van der Waals surface area (Å²) in [5.74, 6) is 0.779. The minimum absolute atomic E-state index is 0.181. The van der Waals surface area contributed by atoms with Gasteiger partial charge in [0.1, 0.15) is 17.6 Å². The summed E-state index contributed by atoms with van der Waals surface area (Å²) in [5, 5.41) is 5.94. The van der Waals surface area contributed by atoms with Crippen LogP contribution in [-0.4, -0.2) is 66.4 Å². The number of likely N-dealkylation sites (N-methyl/N-ethyl adjacent to an activating group) is 1. The monoisotopic (exact) mass is 459 g/mol. The summed E-state index contributed by atoms with van der Waals surface area (Å²) in [4.78, 5) is 34.7. The van der Waals surface area contributed by atoms with Crippen LogP contribution >= 0.6 is 0 Å². The molecule has 0 spiro atoms. The summed E-state index contributed by atoms with van der Waals surface area (Å²) in [6, 6.07) is 20.4. The number of carbonyl (C=O) groups is 2. The van der Waals surface area contributed by atoms with Gasteiger partial charge in [-0.05, 0) is 42.0 Å². The molecule has 8 heteroatoms.